The van der Waals surface area contributed by atoms with E-state index in [0.717, 1.165) is 11.1 Å². The molecule has 7 nitrogen and oxygen atoms in total. The molecule has 3 aromatic rings. The maximum Gasteiger partial charge on any atom is 0.252 e. The van der Waals surface area contributed by atoms with Gasteiger partial charge in [-0.15, -0.1) is 0 Å². The smallest absolute Gasteiger partial charge is 0.252 e. The van der Waals surface area contributed by atoms with Crippen LogP contribution in [-0.4, -0.2) is 38.9 Å². The molecule has 3 N–H and O–H groups in total. The Balaban J connectivity index is 1.76. The van der Waals surface area contributed by atoms with E-state index in [1.54, 1.807) is 4.68 Å². The third-order valence-corrected chi connectivity index (χ3v) is 5.59. The van der Waals surface area contributed by atoms with Crippen LogP contribution in [0.2, 0.25) is 0 Å². The predicted octanol–water partition coefficient (Wildman–Crippen LogP) is 2.49. The van der Waals surface area contributed by atoms with Crippen LogP contribution < -0.4 is 10.6 Å². The van der Waals surface area contributed by atoms with Gasteiger partial charge in [-0.05, 0) is 23.3 Å². The molecule has 0 spiro atoms. The van der Waals surface area contributed by atoms with Crippen molar-refractivity contribution < 1.29 is 14.3 Å². The molecule has 0 saturated heterocycles. The molecule has 2 unspecified atom stereocenters. The average Bonchev–Trinajstić information content (AvgIpc) is 3.14. The molecule has 8 heteroatoms. The molecule has 0 bridgehead atoms. The van der Waals surface area contributed by atoms with Crippen LogP contribution in [0.3, 0.4) is 0 Å². The van der Waals surface area contributed by atoms with E-state index in [-0.39, 0.29) is 24.5 Å². The number of amides is 1. The van der Waals surface area contributed by atoms with Gasteiger partial charge in [0.15, 0.2) is 0 Å². The van der Waals surface area contributed by atoms with Crippen LogP contribution >= 0.6 is 0 Å². The minimum absolute atomic E-state index is 0.0708. The second-order valence-electron chi connectivity index (χ2n) is 7.32. The van der Waals surface area contributed by atoms with Crippen LogP contribution in [0, 0.1) is 5.82 Å². The number of aliphatic hydroxyl groups excluding tert-OH is 1. The van der Waals surface area contributed by atoms with E-state index >= 15 is 0 Å². The maximum atomic E-state index is 14.4. The summed E-state index contributed by atoms with van der Waals surface area (Å²) in [5, 5.41) is 20.0. The molecule has 152 valence electrons. The van der Waals surface area contributed by atoms with Crippen LogP contribution in [0.1, 0.15) is 39.3 Å². The number of nitrogens with zero attached hydrogens (tertiary/aromatic N) is 3. The van der Waals surface area contributed by atoms with Gasteiger partial charge in [-0.25, -0.2) is 14.1 Å². The van der Waals surface area contributed by atoms with Crippen LogP contribution in [-0.2, 0) is 6.54 Å². The second-order valence-corrected chi connectivity index (χ2v) is 7.32. The van der Waals surface area contributed by atoms with Crippen molar-refractivity contribution in [1.82, 2.24) is 20.1 Å². The Morgan fingerprint density at radius 3 is 2.87 bits per heavy atom. The molecule has 2 aliphatic heterocycles. The number of halogens is 1. The Morgan fingerprint density at radius 2 is 2.07 bits per heavy atom. The highest BCUT2D eigenvalue weighted by Gasteiger charge is 2.40. The van der Waals surface area contributed by atoms with Gasteiger partial charge >= 0.3 is 0 Å². The molecule has 1 aromatic heterocycles. The Kier molecular flexibility index (Phi) is 4.55. The number of aromatic nitrogens is 3. The van der Waals surface area contributed by atoms with Gasteiger partial charge in [-0.2, -0.15) is 5.10 Å². The number of carbonyl (C=O) groups is 1. The third-order valence-electron chi connectivity index (χ3n) is 5.59. The van der Waals surface area contributed by atoms with Gasteiger partial charge in [0.1, 0.15) is 18.0 Å². The zero-order valence-corrected chi connectivity index (χ0v) is 16.0. The van der Waals surface area contributed by atoms with E-state index in [0.29, 0.717) is 35.7 Å². The highest BCUT2D eigenvalue weighted by Crippen LogP contribution is 2.50. The summed E-state index contributed by atoms with van der Waals surface area (Å²) in [5.41, 5.74) is 3.44. The molecule has 30 heavy (non-hydrogen) atoms. The van der Waals surface area contributed by atoms with Gasteiger partial charge in [0.25, 0.3) is 5.91 Å². The fourth-order valence-corrected chi connectivity index (χ4v) is 4.38. The highest BCUT2D eigenvalue weighted by atomic mass is 19.1. The molecule has 5 rings (SSSR count). The number of benzene rings is 2. The molecule has 3 heterocycles. The van der Waals surface area contributed by atoms with E-state index in [4.69, 9.17) is 0 Å². The molecule has 2 aromatic carbocycles. The third kappa shape index (κ3) is 2.96. The standard InChI is InChI=1S/C22H20FN5O2/c23-14-10-16-18-15(6-7-24-22(16)30)19(21-25-12-26-28(21)8-9-29)20(27-17(18)11-14)13-4-2-1-3-5-13/h1-6,10-12,19-20,27,29H,7-9H2,(H,24,30). The van der Waals surface area contributed by atoms with Gasteiger partial charge in [0.2, 0.25) is 0 Å². The lowest BCUT2D eigenvalue weighted by atomic mass is 9.77. The summed E-state index contributed by atoms with van der Waals surface area (Å²) < 4.78 is 16.0. The molecule has 2 atom stereocenters. The maximum absolute atomic E-state index is 14.4. The molecule has 0 radical (unpaired) electrons. The molecular weight excluding hydrogens is 385 g/mol. The van der Waals surface area contributed by atoms with Crippen LogP contribution in [0.25, 0.3) is 5.57 Å². The van der Waals surface area contributed by atoms with Gasteiger partial charge in [-0.3, -0.25) is 4.79 Å². The molecule has 0 saturated carbocycles. The number of hydrogen-bond donors (Lipinski definition) is 3. The van der Waals surface area contributed by atoms with E-state index in [9.17, 15) is 14.3 Å². The summed E-state index contributed by atoms with van der Waals surface area (Å²) in [7, 11) is 0. The SMILES string of the molecule is O=C1NCC=C2c3c(cc(F)cc31)NC(c1ccccc1)C2c1ncnn1CCO. The van der Waals surface area contributed by atoms with E-state index in [2.05, 4.69) is 20.7 Å². The fraction of sp³-hybridized carbons (Fsp3) is 0.227. The van der Waals surface area contributed by atoms with Crippen molar-refractivity contribution in [3.05, 3.63) is 83.2 Å². The lowest BCUT2D eigenvalue weighted by molar-refractivity contribution is 0.0958. The highest BCUT2D eigenvalue weighted by molar-refractivity contribution is 6.04. The Bertz CT molecular complexity index is 1140. The Labute approximate surface area is 172 Å². The van der Waals surface area contributed by atoms with Crippen molar-refractivity contribution in [3.63, 3.8) is 0 Å². The Hall–Kier alpha value is -3.52. The van der Waals surface area contributed by atoms with Crippen molar-refractivity contribution in [1.29, 1.82) is 0 Å². The van der Waals surface area contributed by atoms with Gasteiger partial charge < -0.3 is 15.7 Å². The van der Waals surface area contributed by atoms with Crippen LogP contribution in [0.5, 0.6) is 0 Å². The minimum atomic E-state index is -0.471. The van der Waals surface area contributed by atoms with Gasteiger partial charge in [-0.1, -0.05) is 36.4 Å². The number of carbonyl (C=O) groups excluding carboxylic acids is 1. The largest absolute Gasteiger partial charge is 0.394 e. The topological polar surface area (TPSA) is 92.1 Å². The lowest BCUT2D eigenvalue weighted by Crippen LogP contribution is -2.30. The molecule has 0 fully saturated rings. The number of nitrogens with one attached hydrogen (secondary N) is 2. The first kappa shape index (κ1) is 18.5. The van der Waals surface area contributed by atoms with Crippen molar-refractivity contribution in [2.24, 2.45) is 0 Å². The molecular formula is C22H20FN5O2. The van der Waals surface area contributed by atoms with Gasteiger partial charge in [0.05, 0.1) is 30.7 Å². The van der Waals surface area contributed by atoms with Crippen molar-refractivity contribution >= 4 is 17.2 Å². The summed E-state index contributed by atoms with van der Waals surface area (Å²) in [6, 6.07) is 12.3. The second kappa shape index (κ2) is 7.38. The Morgan fingerprint density at radius 1 is 1.23 bits per heavy atom. The van der Waals surface area contributed by atoms with Crippen LogP contribution in [0.4, 0.5) is 10.1 Å². The summed E-state index contributed by atoms with van der Waals surface area (Å²) >= 11 is 0. The summed E-state index contributed by atoms with van der Waals surface area (Å²) in [6.45, 7) is 0.565. The summed E-state index contributed by atoms with van der Waals surface area (Å²) in [5.74, 6) is -0.397. The summed E-state index contributed by atoms with van der Waals surface area (Å²) in [6.07, 6.45) is 3.43. The van der Waals surface area contributed by atoms with E-state index in [1.807, 2.05) is 36.4 Å². The number of aliphatic hydroxyl groups is 1. The number of hydrogen-bond acceptors (Lipinski definition) is 5. The predicted molar refractivity (Wildman–Crippen MR) is 109 cm³/mol. The van der Waals surface area contributed by atoms with Crippen molar-refractivity contribution in [2.45, 2.75) is 18.5 Å². The zero-order chi connectivity index (χ0) is 20.7. The quantitative estimate of drug-likeness (QED) is 0.620. The summed E-state index contributed by atoms with van der Waals surface area (Å²) in [4.78, 5) is 17.1. The van der Waals surface area contributed by atoms with Gasteiger partial charge in [0, 0.05) is 17.8 Å². The van der Waals surface area contributed by atoms with Crippen molar-refractivity contribution in [2.75, 3.05) is 18.5 Å². The zero-order valence-electron chi connectivity index (χ0n) is 16.0. The van der Waals surface area contributed by atoms with Crippen LogP contribution in [0.15, 0.2) is 54.9 Å². The molecule has 1 amide bonds. The monoisotopic (exact) mass is 405 g/mol. The first-order valence-electron chi connectivity index (χ1n) is 9.79. The fourth-order valence-electron chi connectivity index (χ4n) is 4.38. The van der Waals surface area contributed by atoms with Crippen molar-refractivity contribution in [3.8, 4) is 0 Å². The first-order chi connectivity index (χ1) is 14.7. The van der Waals surface area contributed by atoms with E-state index in [1.165, 1.54) is 18.5 Å². The van der Waals surface area contributed by atoms with E-state index < -0.39 is 5.82 Å². The lowest BCUT2D eigenvalue weighted by Gasteiger charge is -2.37. The molecule has 0 aliphatic carbocycles. The molecule has 2 aliphatic rings. The average molecular weight is 405 g/mol. The first-order valence-corrected chi connectivity index (χ1v) is 9.79. The number of anilines is 1. The minimum Gasteiger partial charge on any atom is -0.394 e. The normalized spacial score (nSPS) is 19.9. The number of rotatable bonds is 4.